The molecule has 11 heteroatoms. The number of hydrogen-bond acceptors (Lipinski definition) is 7. The molecule has 6 N–H and O–H groups in total. The van der Waals surface area contributed by atoms with E-state index in [1.807, 2.05) is 107 Å². The fourth-order valence-corrected chi connectivity index (χ4v) is 5.99. The summed E-state index contributed by atoms with van der Waals surface area (Å²) in [5.41, 5.74) is 1.63. The number of ether oxygens (including phenoxy) is 1. The SMILES string of the molecule is CCC[C@H](NC(=O)[C@H](Cc1cccc2ccccc12)NC(=O)OCc1ccccc1)C(=O)N[C@@H](CC(C)C)[C@@H](O)CC(=O)N[C@H](CO)[C@@H](C)CC. The van der Waals surface area contributed by atoms with E-state index in [1.165, 1.54) is 0 Å². The standard InChI is InChI=1S/C40H56N4O7/c1-6-14-32(38(48)43-33(21-26(3)4)36(46)23-37(47)41-35(24-45)27(5)7-2)42-39(49)34(44-40(50)51-25-28-15-9-8-10-16-28)22-30-19-13-18-29-17-11-12-20-31(29)30/h8-13,15-20,26-27,32-36,45-46H,6-7,14,21-25H2,1-5H3,(H,41,47)(H,42,49)(H,43,48)(H,44,50)/t27-,32-,33-,34-,35+,36-/m0/s1. The summed E-state index contributed by atoms with van der Waals surface area (Å²) < 4.78 is 5.45. The van der Waals surface area contributed by atoms with Crippen LogP contribution in [-0.2, 0) is 32.1 Å². The largest absolute Gasteiger partial charge is 0.445 e. The second kappa shape index (κ2) is 21.0. The summed E-state index contributed by atoms with van der Waals surface area (Å²) in [6, 6.07) is 19.5. The second-order valence-electron chi connectivity index (χ2n) is 13.7. The highest BCUT2D eigenvalue weighted by atomic mass is 16.5. The summed E-state index contributed by atoms with van der Waals surface area (Å²) in [6.07, 6.45) is -0.0815. The molecule has 0 saturated carbocycles. The van der Waals surface area contributed by atoms with Crippen molar-refractivity contribution in [2.45, 2.75) is 110 Å². The van der Waals surface area contributed by atoms with Crippen LogP contribution >= 0.6 is 0 Å². The lowest BCUT2D eigenvalue weighted by Gasteiger charge is -2.29. The van der Waals surface area contributed by atoms with Gasteiger partial charge in [-0.25, -0.2) is 4.79 Å². The van der Waals surface area contributed by atoms with Gasteiger partial charge in [-0.05, 0) is 46.6 Å². The molecule has 0 heterocycles. The third kappa shape index (κ3) is 13.3. The lowest BCUT2D eigenvalue weighted by Crippen LogP contribution is -2.57. The van der Waals surface area contributed by atoms with Gasteiger partial charge in [-0.1, -0.05) is 120 Å². The molecule has 0 spiro atoms. The summed E-state index contributed by atoms with van der Waals surface area (Å²) in [6.45, 7) is 9.48. The van der Waals surface area contributed by atoms with Crippen LogP contribution in [0, 0.1) is 11.8 Å². The molecule has 3 aromatic rings. The Morgan fingerprint density at radius 2 is 1.43 bits per heavy atom. The second-order valence-corrected chi connectivity index (χ2v) is 13.7. The summed E-state index contributed by atoms with van der Waals surface area (Å²) in [5, 5.41) is 34.0. The van der Waals surface area contributed by atoms with Crippen molar-refractivity contribution in [3.63, 3.8) is 0 Å². The molecule has 11 nitrogen and oxygen atoms in total. The minimum Gasteiger partial charge on any atom is -0.445 e. The van der Waals surface area contributed by atoms with Crippen molar-refractivity contribution in [2.75, 3.05) is 6.61 Å². The fourth-order valence-electron chi connectivity index (χ4n) is 5.99. The molecular weight excluding hydrogens is 648 g/mol. The van der Waals surface area contributed by atoms with Crippen LogP contribution < -0.4 is 21.3 Å². The molecule has 0 unspecified atom stereocenters. The first-order chi connectivity index (χ1) is 24.4. The number of hydrogen-bond donors (Lipinski definition) is 6. The zero-order valence-electron chi connectivity index (χ0n) is 30.6. The predicted molar refractivity (Wildman–Crippen MR) is 199 cm³/mol. The first kappa shape index (κ1) is 40.9. The zero-order valence-corrected chi connectivity index (χ0v) is 30.6. The molecule has 3 aromatic carbocycles. The monoisotopic (exact) mass is 704 g/mol. The van der Waals surface area contributed by atoms with Crippen molar-refractivity contribution in [1.82, 2.24) is 21.3 Å². The molecule has 0 aromatic heterocycles. The normalized spacial score (nSPS) is 14.8. The van der Waals surface area contributed by atoms with Crippen molar-refractivity contribution in [2.24, 2.45) is 11.8 Å². The van der Waals surface area contributed by atoms with Gasteiger partial charge < -0.3 is 36.2 Å². The topological polar surface area (TPSA) is 166 Å². The molecule has 51 heavy (non-hydrogen) atoms. The number of carbonyl (C=O) groups is 4. The van der Waals surface area contributed by atoms with Gasteiger partial charge in [0, 0.05) is 6.42 Å². The van der Waals surface area contributed by atoms with Gasteiger partial charge in [0.1, 0.15) is 18.7 Å². The van der Waals surface area contributed by atoms with Gasteiger partial charge in [0.05, 0.1) is 31.2 Å². The lowest BCUT2D eigenvalue weighted by molar-refractivity contribution is -0.131. The Labute approximate surface area is 301 Å². The average Bonchev–Trinajstić information content (AvgIpc) is 3.12. The number of rotatable bonds is 20. The number of carbonyl (C=O) groups excluding carboxylic acids is 4. The Bertz CT molecular complexity index is 1540. The fraction of sp³-hybridized carbons (Fsp3) is 0.500. The molecule has 278 valence electrons. The van der Waals surface area contributed by atoms with E-state index < -0.39 is 54.1 Å². The Morgan fingerprint density at radius 1 is 0.765 bits per heavy atom. The molecule has 0 saturated heterocycles. The number of fused-ring (bicyclic) bond motifs is 1. The highest BCUT2D eigenvalue weighted by molar-refractivity contribution is 5.92. The maximum atomic E-state index is 14.0. The van der Waals surface area contributed by atoms with Crippen molar-refractivity contribution in [3.05, 3.63) is 83.9 Å². The molecular formula is C40H56N4O7. The Hall–Kier alpha value is -4.48. The quantitative estimate of drug-likeness (QED) is 0.0986. The smallest absolute Gasteiger partial charge is 0.408 e. The highest BCUT2D eigenvalue weighted by Crippen LogP contribution is 2.20. The van der Waals surface area contributed by atoms with E-state index in [9.17, 15) is 29.4 Å². The number of aliphatic hydroxyl groups excluding tert-OH is 2. The number of amides is 4. The molecule has 4 amide bonds. The van der Waals surface area contributed by atoms with E-state index in [4.69, 9.17) is 4.74 Å². The van der Waals surface area contributed by atoms with Crippen molar-refractivity contribution in [1.29, 1.82) is 0 Å². The molecule has 0 aliphatic carbocycles. The van der Waals surface area contributed by atoms with Gasteiger partial charge in [0.25, 0.3) is 0 Å². The van der Waals surface area contributed by atoms with Gasteiger partial charge in [0.2, 0.25) is 17.7 Å². The van der Waals surface area contributed by atoms with Gasteiger partial charge in [-0.15, -0.1) is 0 Å². The van der Waals surface area contributed by atoms with Gasteiger partial charge in [-0.3, -0.25) is 14.4 Å². The van der Waals surface area contributed by atoms with E-state index >= 15 is 0 Å². The number of nitrogens with one attached hydrogen (secondary N) is 4. The van der Waals surface area contributed by atoms with Crippen molar-refractivity contribution in [3.8, 4) is 0 Å². The van der Waals surface area contributed by atoms with E-state index in [2.05, 4.69) is 21.3 Å². The minimum atomic E-state index is -1.20. The molecule has 3 rings (SSSR count). The molecule has 0 aliphatic heterocycles. The summed E-state index contributed by atoms with van der Waals surface area (Å²) >= 11 is 0. The van der Waals surface area contributed by atoms with E-state index in [1.54, 1.807) is 0 Å². The summed E-state index contributed by atoms with van der Waals surface area (Å²) in [5.74, 6) is -1.36. The van der Waals surface area contributed by atoms with Gasteiger partial charge in [0.15, 0.2) is 0 Å². The molecule has 0 radical (unpaired) electrons. The van der Waals surface area contributed by atoms with Crippen LogP contribution in [0.1, 0.15) is 77.8 Å². The highest BCUT2D eigenvalue weighted by Gasteiger charge is 2.31. The van der Waals surface area contributed by atoms with Crippen LogP contribution in [0.25, 0.3) is 10.8 Å². The summed E-state index contributed by atoms with van der Waals surface area (Å²) in [4.78, 5) is 53.6. The number of aliphatic hydroxyl groups is 2. The molecule has 0 bridgehead atoms. The zero-order chi connectivity index (χ0) is 37.3. The van der Waals surface area contributed by atoms with Crippen LogP contribution in [-0.4, -0.2) is 70.9 Å². The summed E-state index contributed by atoms with van der Waals surface area (Å²) in [7, 11) is 0. The van der Waals surface area contributed by atoms with Crippen molar-refractivity contribution < 1.29 is 34.1 Å². The predicted octanol–water partition coefficient (Wildman–Crippen LogP) is 4.77. The van der Waals surface area contributed by atoms with Crippen LogP contribution in [0.5, 0.6) is 0 Å². The number of benzene rings is 3. The average molecular weight is 705 g/mol. The van der Waals surface area contributed by atoms with E-state index in [-0.39, 0.29) is 37.9 Å². The first-order valence-electron chi connectivity index (χ1n) is 18.1. The van der Waals surface area contributed by atoms with Gasteiger partial charge in [-0.2, -0.15) is 0 Å². The van der Waals surface area contributed by atoms with Crippen molar-refractivity contribution >= 4 is 34.6 Å². The third-order valence-corrected chi connectivity index (χ3v) is 9.12. The van der Waals surface area contributed by atoms with Crippen LogP contribution in [0.15, 0.2) is 72.8 Å². The first-order valence-corrected chi connectivity index (χ1v) is 18.1. The number of alkyl carbamates (subject to hydrolysis) is 1. The molecule has 0 fully saturated rings. The van der Waals surface area contributed by atoms with Crippen LogP contribution in [0.4, 0.5) is 4.79 Å². The lowest BCUT2D eigenvalue weighted by atomic mass is 9.95. The Morgan fingerprint density at radius 3 is 2.10 bits per heavy atom. The third-order valence-electron chi connectivity index (χ3n) is 9.12. The Balaban J connectivity index is 1.77. The van der Waals surface area contributed by atoms with Crippen LogP contribution in [0.2, 0.25) is 0 Å². The maximum Gasteiger partial charge on any atom is 0.408 e. The minimum absolute atomic E-state index is 0.0199. The van der Waals surface area contributed by atoms with Gasteiger partial charge >= 0.3 is 6.09 Å². The van der Waals surface area contributed by atoms with E-state index in [0.717, 1.165) is 28.3 Å². The van der Waals surface area contributed by atoms with E-state index in [0.29, 0.717) is 19.3 Å². The maximum absolute atomic E-state index is 14.0. The van der Waals surface area contributed by atoms with Crippen LogP contribution in [0.3, 0.4) is 0 Å². The molecule has 0 aliphatic rings. The molecule has 6 atom stereocenters. The Kier molecular flexibility index (Phi) is 16.9.